The Hall–Kier alpha value is -1.77. The maximum atomic E-state index is 13.7. The first-order valence-corrected chi connectivity index (χ1v) is 8.34. The lowest BCUT2D eigenvalue weighted by Gasteiger charge is -2.23. The molecule has 0 atom stereocenters. The second-order valence-electron chi connectivity index (χ2n) is 5.53. The van der Waals surface area contributed by atoms with Gasteiger partial charge in [-0.1, -0.05) is 0 Å². The first kappa shape index (κ1) is 18.6. The summed E-state index contributed by atoms with van der Waals surface area (Å²) in [4.78, 5) is 1.50. The van der Waals surface area contributed by atoms with Crippen molar-refractivity contribution in [1.82, 2.24) is 10.7 Å². The van der Waals surface area contributed by atoms with Gasteiger partial charge in [0.05, 0.1) is 39.1 Å². The van der Waals surface area contributed by atoms with Crippen LogP contribution in [0.2, 0.25) is 0 Å². The molecule has 1 saturated heterocycles. The smallest absolute Gasteiger partial charge is 0.187 e. The van der Waals surface area contributed by atoms with E-state index >= 15 is 0 Å². The van der Waals surface area contributed by atoms with Crippen LogP contribution in [0.3, 0.4) is 0 Å². The molecule has 1 aromatic rings. The third kappa shape index (κ3) is 5.70. The first-order valence-electron chi connectivity index (χ1n) is 7.93. The van der Waals surface area contributed by atoms with Crippen LogP contribution in [0.4, 0.5) is 4.39 Å². The zero-order valence-corrected chi connectivity index (χ0v) is 14.8. The molecule has 1 aromatic carbocycles. The topological polar surface area (TPSA) is 59.3 Å². The Morgan fingerprint density at radius 3 is 2.83 bits per heavy atom. The van der Waals surface area contributed by atoms with Crippen LogP contribution in [0, 0.1) is 5.82 Å². The lowest BCUT2D eigenvalue weighted by molar-refractivity contribution is -0.906. The fraction of sp³-hybridized carbons (Fsp3) is 0.500. The average Bonchev–Trinajstić information content (AvgIpc) is 2.60. The van der Waals surface area contributed by atoms with Crippen LogP contribution in [-0.2, 0) is 4.74 Å². The Balaban J connectivity index is 1.76. The van der Waals surface area contributed by atoms with Crippen molar-refractivity contribution in [3.05, 3.63) is 29.6 Å². The minimum atomic E-state index is -0.418. The molecule has 132 valence electrons. The fourth-order valence-corrected chi connectivity index (χ4v) is 2.54. The molecule has 2 rings (SSSR count). The number of nitrogens with one attached hydrogen (secondary N) is 3. The predicted octanol–water partition coefficient (Wildman–Crippen LogP) is -0.0625. The summed E-state index contributed by atoms with van der Waals surface area (Å²) in [5.41, 5.74) is 4.09. The highest BCUT2D eigenvalue weighted by molar-refractivity contribution is 7.80. The van der Waals surface area contributed by atoms with Gasteiger partial charge in [0, 0.05) is 5.56 Å². The maximum absolute atomic E-state index is 13.7. The number of hydrazone groups is 1. The van der Waals surface area contributed by atoms with E-state index in [1.54, 1.807) is 19.1 Å². The quantitative estimate of drug-likeness (QED) is 0.379. The zero-order chi connectivity index (χ0) is 17.4. The molecule has 0 bridgehead atoms. The van der Waals surface area contributed by atoms with Crippen molar-refractivity contribution in [2.24, 2.45) is 5.10 Å². The van der Waals surface area contributed by atoms with E-state index in [0.717, 1.165) is 39.4 Å². The number of nitrogens with zero attached hydrogens (tertiary/aromatic N) is 1. The van der Waals surface area contributed by atoms with Crippen molar-refractivity contribution in [3.8, 4) is 5.75 Å². The van der Waals surface area contributed by atoms with Gasteiger partial charge in [-0.05, 0) is 37.3 Å². The molecule has 1 fully saturated rings. The van der Waals surface area contributed by atoms with Gasteiger partial charge in [-0.15, -0.1) is 0 Å². The average molecular weight is 355 g/mol. The van der Waals surface area contributed by atoms with Gasteiger partial charge in [0.15, 0.2) is 16.7 Å². The summed E-state index contributed by atoms with van der Waals surface area (Å²) in [7, 11) is 1.43. The van der Waals surface area contributed by atoms with E-state index in [1.165, 1.54) is 18.1 Å². The van der Waals surface area contributed by atoms with Crippen LogP contribution in [0.15, 0.2) is 23.3 Å². The van der Waals surface area contributed by atoms with Gasteiger partial charge in [-0.2, -0.15) is 5.10 Å². The summed E-state index contributed by atoms with van der Waals surface area (Å²) in [6.07, 6.45) is 0. The minimum Gasteiger partial charge on any atom is -0.494 e. The molecular weight excluding hydrogens is 331 g/mol. The lowest BCUT2D eigenvalue weighted by Crippen LogP contribution is -3.14. The molecule has 0 spiro atoms. The van der Waals surface area contributed by atoms with Gasteiger partial charge >= 0.3 is 0 Å². The van der Waals surface area contributed by atoms with Crippen LogP contribution in [0.5, 0.6) is 5.75 Å². The van der Waals surface area contributed by atoms with Gasteiger partial charge in [-0.3, -0.25) is 5.43 Å². The van der Waals surface area contributed by atoms with Crippen molar-refractivity contribution in [1.29, 1.82) is 0 Å². The molecule has 0 aliphatic carbocycles. The highest BCUT2D eigenvalue weighted by atomic mass is 32.1. The first-order chi connectivity index (χ1) is 11.6. The number of halogens is 1. The van der Waals surface area contributed by atoms with Gasteiger partial charge < -0.3 is 19.7 Å². The van der Waals surface area contributed by atoms with E-state index in [1.807, 2.05) is 0 Å². The Kier molecular flexibility index (Phi) is 7.36. The number of quaternary nitrogens is 1. The molecule has 0 aromatic heterocycles. The summed E-state index contributed by atoms with van der Waals surface area (Å²) in [6.45, 7) is 7.24. The molecule has 0 saturated carbocycles. The predicted molar refractivity (Wildman–Crippen MR) is 95.3 cm³/mol. The Morgan fingerprint density at radius 1 is 1.42 bits per heavy atom. The summed E-state index contributed by atoms with van der Waals surface area (Å²) in [6, 6.07) is 4.71. The van der Waals surface area contributed by atoms with E-state index in [-0.39, 0.29) is 5.75 Å². The molecular formula is C16H24FN4O2S+. The second kappa shape index (κ2) is 9.51. The van der Waals surface area contributed by atoms with E-state index in [0.29, 0.717) is 16.4 Å². The van der Waals surface area contributed by atoms with Crippen LogP contribution in [0.1, 0.15) is 12.5 Å². The molecule has 8 heteroatoms. The zero-order valence-electron chi connectivity index (χ0n) is 14.0. The van der Waals surface area contributed by atoms with Crippen LogP contribution in [0.25, 0.3) is 0 Å². The van der Waals surface area contributed by atoms with Crippen molar-refractivity contribution >= 4 is 23.0 Å². The van der Waals surface area contributed by atoms with E-state index in [2.05, 4.69) is 15.8 Å². The summed E-state index contributed by atoms with van der Waals surface area (Å²) in [5, 5.41) is 7.76. The van der Waals surface area contributed by atoms with Gasteiger partial charge in [0.2, 0.25) is 0 Å². The third-order valence-electron chi connectivity index (χ3n) is 3.86. The van der Waals surface area contributed by atoms with E-state index < -0.39 is 5.82 Å². The SMILES string of the molecule is COc1ccc(/C(C)=N\NC(=S)NCC[NH+]2CCOCC2)cc1F. The number of ether oxygens (including phenoxy) is 2. The number of thiocarbonyl (C=S) groups is 1. The number of morpholine rings is 1. The largest absolute Gasteiger partial charge is 0.494 e. The molecule has 6 nitrogen and oxygen atoms in total. The monoisotopic (exact) mass is 355 g/mol. The van der Waals surface area contributed by atoms with Crippen molar-refractivity contribution in [2.75, 3.05) is 46.5 Å². The molecule has 24 heavy (non-hydrogen) atoms. The van der Waals surface area contributed by atoms with Crippen molar-refractivity contribution < 1.29 is 18.8 Å². The number of hydrogen-bond donors (Lipinski definition) is 3. The third-order valence-corrected chi connectivity index (χ3v) is 4.09. The standard InChI is InChI=1S/C16H23FN4O2S/c1-12(13-3-4-15(22-2)14(17)11-13)19-20-16(24)18-5-6-21-7-9-23-10-8-21/h3-4,11H,5-10H2,1-2H3,(H2,18,20,24)/p+1/b19-12-. The van der Waals surface area contributed by atoms with Crippen LogP contribution < -0.4 is 20.4 Å². The van der Waals surface area contributed by atoms with Crippen molar-refractivity contribution in [2.45, 2.75) is 6.92 Å². The lowest BCUT2D eigenvalue weighted by atomic mass is 10.1. The maximum Gasteiger partial charge on any atom is 0.187 e. The van der Waals surface area contributed by atoms with Gasteiger partial charge in [0.25, 0.3) is 0 Å². The van der Waals surface area contributed by atoms with Crippen LogP contribution in [-0.4, -0.2) is 57.3 Å². The van der Waals surface area contributed by atoms with E-state index in [9.17, 15) is 4.39 Å². The Morgan fingerprint density at radius 2 is 2.17 bits per heavy atom. The molecule has 3 N–H and O–H groups in total. The minimum absolute atomic E-state index is 0.210. The second-order valence-corrected chi connectivity index (χ2v) is 5.93. The normalized spacial score (nSPS) is 15.9. The molecule has 0 amide bonds. The molecule has 0 radical (unpaired) electrons. The van der Waals surface area contributed by atoms with E-state index in [4.69, 9.17) is 21.7 Å². The highest BCUT2D eigenvalue weighted by Gasteiger charge is 2.12. The molecule has 0 unspecified atom stereocenters. The molecule has 1 aliphatic heterocycles. The fourth-order valence-electron chi connectivity index (χ4n) is 2.39. The summed E-state index contributed by atoms with van der Waals surface area (Å²) in [5.74, 6) is -0.207. The Bertz CT molecular complexity index is 591. The molecule has 1 aliphatic rings. The number of benzene rings is 1. The molecule has 1 heterocycles. The highest BCUT2D eigenvalue weighted by Crippen LogP contribution is 2.17. The number of rotatable bonds is 6. The Labute approximate surface area is 147 Å². The van der Waals surface area contributed by atoms with Crippen LogP contribution >= 0.6 is 12.2 Å². The van der Waals surface area contributed by atoms with Gasteiger partial charge in [0.1, 0.15) is 13.1 Å². The number of hydrogen-bond acceptors (Lipinski definition) is 4. The summed E-state index contributed by atoms with van der Waals surface area (Å²) >= 11 is 5.20. The van der Waals surface area contributed by atoms with Gasteiger partial charge in [-0.25, -0.2) is 4.39 Å². The summed E-state index contributed by atoms with van der Waals surface area (Å²) < 4.78 is 23.9. The number of methoxy groups -OCH3 is 1. The van der Waals surface area contributed by atoms with Crippen molar-refractivity contribution in [3.63, 3.8) is 0 Å².